The zero-order chi connectivity index (χ0) is 20.9. The van der Waals surface area contributed by atoms with Crippen molar-refractivity contribution in [1.29, 1.82) is 0 Å². The van der Waals surface area contributed by atoms with E-state index in [1.54, 1.807) is 29.2 Å². The van der Waals surface area contributed by atoms with E-state index in [4.69, 9.17) is 16.6 Å². The standard InChI is InChI=1S/C22H21ClN4OS2/c1-2-29-18-6-3-5-16(13-18)21(28)27(11-4-10-26-12-9-24-15-26)22-25-19-8-7-17(23)14-20(19)30-22/h3,5-9,12-15H,2,4,10-11H2,1H3. The molecule has 0 radical (unpaired) electrons. The van der Waals surface area contributed by atoms with Crippen LogP contribution < -0.4 is 4.90 Å². The minimum absolute atomic E-state index is 0.0377. The van der Waals surface area contributed by atoms with Crippen LogP contribution in [-0.2, 0) is 6.54 Å². The third-order valence-corrected chi connectivity index (χ3v) is 6.72. The van der Waals surface area contributed by atoms with Gasteiger partial charge in [-0.1, -0.05) is 35.9 Å². The predicted molar refractivity (Wildman–Crippen MR) is 126 cm³/mol. The maximum absolute atomic E-state index is 13.5. The van der Waals surface area contributed by atoms with Gasteiger partial charge in [0.2, 0.25) is 0 Å². The average molecular weight is 457 g/mol. The third kappa shape index (κ3) is 4.86. The zero-order valence-corrected chi connectivity index (χ0v) is 18.9. The number of carbonyl (C=O) groups excluding carboxylic acids is 1. The minimum Gasteiger partial charge on any atom is -0.337 e. The Bertz CT molecular complexity index is 1140. The van der Waals surface area contributed by atoms with Gasteiger partial charge < -0.3 is 4.57 Å². The van der Waals surface area contributed by atoms with E-state index in [-0.39, 0.29) is 5.91 Å². The van der Waals surface area contributed by atoms with Gasteiger partial charge in [0, 0.05) is 41.0 Å². The summed E-state index contributed by atoms with van der Waals surface area (Å²) in [6.07, 6.45) is 6.27. The van der Waals surface area contributed by atoms with Crippen LogP contribution in [0.5, 0.6) is 0 Å². The van der Waals surface area contributed by atoms with Gasteiger partial charge in [0.25, 0.3) is 5.91 Å². The lowest BCUT2D eigenvalue weighted by Crippen LogP contribution is -2.32. The van der Waals surface area contributed by atoms with E-state index < -0.39 is 0 Å². The van der Waals surface area contributed by atoms with E-state index in [0.29, 0.717) is 22.3 Å². The lowest BCUT2D eigenvalue weighted by Gasteiger charge is -2.20. The van der Waals surface area contributed by atoms with Gasteiger partial charge in [-0.25, -0.2) is 9.97 Å². The summed E-state index contributed by atoms with van der Waals surface area (Å²) < 4.78 is 2.99. The van der Waals surface area contributed by atoms with Crippen LogP contribution in [0.1, 0.15) is 23.7 Å². The Morgan fingerprint density at radius 3 is 2.97 bits per heavy atom. The van der Waals surface area contributed by atoms with Crippen LogP contribution in [0.25, 0.3) is 10.2 Å². The first kappa shape index (κ1) is 20.9. The smallest absolute Gasteiger partial charge is 0.260 e. The molecule has 30 heavy (non-hydrogen) atoms. The molecule has 0 bridgehead atoms. The Balaban J connectivity index is 1.63. The van der Waals surface area contributed by atoms with Crippen molar-refractivity contribution >= 4 is 56.0 Å². The molecule has 2 aromatic heterocycles. The maximum Gasteiger partial charge on any atom is 0.260 e. The van der Waals surface area contributed by atoms with Crippen LogP contribution in [0.4, 0.5) is 5.13 Å². The topological polar surface area (TPSA) is 51.0 Å². The number of thiazole rings is 1. The van der Waals surface area contributed by atoms with Crippen LogP contribution in [-0.4, -0.2) is 32.7 Å². The quantitative estimate of drug-likeness (QED) is 0.305. The number of nitrogens with zero attached hydrogens (tertiary/aromatic N) is 4. The highest BCUT2D eigenvalue weighted by molar-refractivity contribution is 7.99. The van der Waals surface area contributed by atoms with Crippen LogP contribution in [0.15, 0.2) is 66.1 Å². The van der Waals surface area contributed by atoms with E-state index in [1.807, 2.05) is 53.2 Å². The number of halogens is 1. The molecule has 2 heterocycles. The number of fused-ring (bicyclic) bond motifs is 1. The molecule has 5 nitrogen and oxygen atoms in total. The molecule has 0 saturated carbocycles. The van der Waals surface area contributed by atoms with Crippen molar-refractivity contribution in [1.82, 2.24) is 14.5 Å². The second kappa shape index (κ2) is 9.64. The van der Waals surface area contributed by atoms with Crippen molar-refractivity contribution in [2.24, 2.45) is 0 Å². The number of aromatic nitrogens is 3. The molecule has 0 N–H and O–H groups in total. The van der Waals surface area contributed by atoms with Gasteiger partial charge in [0.1, 0.15) is 0 Å². The fourth-order valence-corrected chi connectivity index (χ4v) is 5.14. The van der Waals surface area contributed by atoms with Crippen LogP contribution >= 0.6 is 34.7 Å². The van der Waals surface area contributed by atoms with Crippen molar-refractivity contribution in [2.45, 2.75) is 24.8 Å². The van der Waals surface area contributed by atoms with Gasteiger partial charge in [-0.15, -0.1) is 11.8 Å². The number of aryl methyl sites for hydroxylation is 1. The van der Waals surface area contributed by atoms with E-state index in [0.717, 1.165) is 33.8 Å². The number of hydrogen-bond acceptors (Lipinski definition) is 5. The third-order valence-electron chi connectivity index (χ3n) is 4.56. The first-order valence-corrected chi connectivity index (χ1v) is 11.9. The van der Waals surface area contributed by atoms with Crippen molar-refractivity contribution < 1.29 is 4.79 Å². The summed E-state index contributed by atoms with van der Waals surface area (Å²) in [7, 11) is 0. The minimum atomic E-state index is -0.0377. The number of carbonyl (C=O) groups is 1. The molecule has 2 aromatic carbocycles. The molecular weight excluding hydrogens is 436 g/mol. The molecule has 154 valence electrons. The maximum atomic E-state index is 13.5. The van der Waals surface area contributed by atoms with E-state index >= 15 is 0 Å². The van der Waals surface area contributed by atoms with Crippen molar-refractivity contribution in [3.05, 3.63) is 71.8 Å². The summed E-state index contributed by atoms with van der Waals surface area (Å²) in [5.41, 5.74) is 1.52. The average Bonchev–Trinajstić information content (AvgIpc) is 3.40. The largest absolute Gasteiger partial charge is 0.337 e. The van der Waals surface area contributed by atoms with Gasteiger partial charge in [-0.05, 0) is 48.6 Å². The summed E-state index contributed by atoms with van der Waals surface area (Å²) in [4.78, 5) is 25.2. The fraction of sp³-hybridized carbons (Fsp3) is 0.227. The van der Waals surface area contributed by atoms with Crippen LogP contribution in [0.3, 0.4) is 0 Å². The lowest BCUT2D eigenvalue weighted by molar-refractivity contribution is 0.0986. The molecule has 0 aliphatic heterocycles. The number of anilines is 1. The molecule has 0 aliphatic rings. The normalized spacial score (nSPS) is 11.1. The van der Waals surface area contributed by atoms with Gasteiger partial charge in [0.05, 0.1) is 16.5 Å². The highest BCUT2D eigenvalue weighted by Gasteiger charge is 2.21. The Kier molecular flexibility index (Phi) is 6.72. The number of thioether (sulfide) groups is 1. The van der Waals surface area contributed by atoms with Crippen LogP contribution in [0, 0.1) is 0 Å². The molecule has 0 atom stereocenters. The molecule has 4 rings (SSSR count). The Labute approximate surface area is 188 Å². The van der Waals surface area contributed by atoms with Gasteiger partial charge >= 0.3 is 0 Å². The predicted octanol–water partition coefficient (Wildman–Crippen LogP) is 6.00. The highest BCUT2D eigenvalue weighted by Crippen LogP contribution is 2.32. The number of imidazole rings is 1. The molecule has 1 amide bonds. The summed E-state index contributed by atoms with van der Waals surface area (Å²) in [5.74, 6) is 0.926. The number of rotatable bonds is 8. The number of hydrogen-bond donors (Lipinski definition) is 0. The number of benzene rings is 2. The fourth-order valence-electron chi connectivity index (χ4n) is 3.16. The van der Waals surface area contributed by atoms with E-state index in [2.05, 4.69) is 11.9 Å². The Morgan fingerprint density at radius 2 is 2.17 bits per heavy atom. The first-order chi connectivity index (χ1) is 14.6. The van der Waals surface area contributed by atoms with Crippen LogP contribution in [0.2, 0.25) is 5.02 Å². The molecule has 0 fully saturated rings. The molecule has 8 heteroatoms. The van der Waals surface area contributed by atoms with Gasteiger partial charge in [-0.2, -0.15) is 0 Å². The summed E-state index contributed by atoms with van der Waals surface area (Å²) in [5, 5.41) is 1.36. The van der Waals surface area contributed by atoms with Crippen molar-refractivity contribution in [3.63, 3.8) is 0 Å². The molecule has 4 aromatic rings. The zero-order valence-electron chi connectivity index (χ0n) is 16.5. The summed E-state index contributed by atoms with van der Waals surface area (Å²) >= 11 is 9.36. The molecule has 0 saturated heterocycles. The summed E-state index contributed by atoms with van der Waals surface area (Å²) in [6.45, 7) is 3.45. The molecule has 0 spiro atoms. The molecule has 0 unspecified atom stereocenters. The second-order valence-electron chi connectivity index (χ2n) is 6.68. The lowest BCUT2D eigenvalue weighted by atomic mass is 10.2. The van der Waals surface area contributed by atoms with Gasteiger partial charge in [0.15, 0.2) is 5.13 Å². The second-order valence-corrected chi connectivity index (χ2v) is 9.46. The summed E-state index contributed by atoms with van der Waals surface area (Å²) in [6, 6.07) is 13.4. The molecule has 0 aliphatic carbocycles. The Morgan fingerprint density at radius 1 is 1.27 bits per heavy atom. The molecular formula is C22H21ClN4OS2. The van der Waals surface area contributed by atoms with E-state index in [9.17, 15) is 4.79 Å². The van der Waals surface area contributed by atoms with Gasteiger partial charge in [-0.3, -0.25) is 9.69 Å². The monoisotopic (exact) mass is 456 g/mol. The van der Waals surface area contributed by atoms with Crippen molar-refractivity contribution in [2.75, 3.05) is 17.2 Å². The SMILES string of the molecule is CCSc1cccc(C(=O)N(CCCn2ccnc2)c2nc3ccc(Cl)cc3s2)c1. The van der Waals surface area contributed by atoms with E-state index in [1.165, 1.54) is 11.3 Å². The number of amides is 1. The first-order valence-electron chi connectivity index (χ1n) is 9.70. The van der Waals surface area contributed by atoms with Crippen molar-refractivity contribution in [3.8, 4) is 0 Å². The highest BCUT2D eigenvalue weighted by atomic mass is 35.5. The Hall–Kier alpha value is -2.35.